The van der Waals surface area contributed by atoms with Crippen LogP contribution in [-0.2, 0) is 13.1 Å². The summed E-state index contributed by atoms with van der Waals surface area (Å²) in [4.78, 5) is 30.2. The summed E-state index contributed by atoms with van der Waals surface area (Å²) in [7, 11) is 0. The van der Waals surface area contributed by atoms with Crippen molar-refractivity contribution in [1.82, 2.24) is 19.3 Å². The Morgan fingerprint density at radius 2 is 1.94 bits per heavy atom. The third-order valence-electron chi connectivity index (χ3n) is 5.24. The summed E-state index contributed by atoms with van der Waals surface area (Å²) in [6.07, 6.45) is 3.53. The number of amides is 1. The summed E-state index contributed by atoms with van der Waals surface area (Å²) in [6, 6.07) is 18.4. The number of fused-ring (bicyclic) bond motifs is 3. The number of hydrogen-bond acceptors (Lipinski definition) is 4. The molecule has 0 atom stereocenters. The number of carbonyl (C=O) groups excluding carboxylic acids is 1. The highest BCUT2D eigenvalue weighted by molar-refractivity contribution is 5.94. The normalized spacial score (nSPS) is 11.3. The first kappa shape index (κ1) is 18.9. The third kappa shape index (κ3) is 3.50. The molecule has 0 bridgehead atoms. The van der Waals surface area contributed by atoms with Gasteiger partial charge in [-0.05, 0) is 61.0 Å². The predicted molar refractivity (Wildman–Crippen MR) is 117 cm³/mol. The summed E-state index contributed by atoms with van der Waals surface area (Å²) in [5.74, 6) is 1.30. The number of pyridine rings is 1. The van der Waals surface area contributed by atoms with E-state index in [1.54, 1.807) is 29.0 Å². The maximum atomic E-state index is 13.1. The van der Waals surface area contributed by atoms with Crippen molar-refractivity contribution < 1.29 is 9.21 Å². The van der Waals surface area contributed by atoms with Crippen LogP contribution in [0.2, 0.25) is 0 Å². The molecule has 31 heavy (non-hydrogen) atoms. The largest absolute Gasteiger partial charge is 0.465 e. The highest BCUT2D eigenvalue weighted by Gasteiger charge is 2.13. The van der Waals surface area contributed by atoms with Gasteiger partial charge in [-0.3, -0.25) is 14.2 Å². The molecule has 7 nitrogen and oxygen atoms in total. The molecule has 0 saturated heterocycles. The van der Waals surface area contributed by atoms with E-state index in [1.165, 1.54) is 0 Å². The lowest BCUT2D eigenvalue weighted by Gasteiger charge is -2.12. The van der Waals surface area contributed by atoms with Gasteiger partial charge >= 0.3 is 0 Å². The van der Waals surface area contributed by atoms with Crippen molar-refractivity contribution in [1.29, 1.82) is 0 Å². The number of aromatic nitrogens is 3. The average molecular weight is 412 g/mol. The van der Waals surface area contributed by atoms with Crippen molar-refractivity contribution in [2.45, 2.75) is 20.0 Å². The molecule has 154 valence electrons. The molecular formula is C24H20N4O3. The molecule has 1 amide bonds. The monoisotopic (exact) mass is 412 g/mol. The van der Waals surface area contributed by atoms with Crippen LogP contribution in [0.4, 0.5) is 0 Å². The third-order valence-corrected chi connectivity index (χ3v) is 5.24. The second-order valence-corrected chi connectivity index (χ2v) is 7.40. The van der Waals surface area contributed by atoms with Crippen molar-refractivity contribution in [3.8, 4) is 0 Å². The molecule has 0 aliphatic carbocycles. The van der Waals surface area contributed by atoms with Crippen molar-refractivity contribution in [3.63, 3.8) is 0 Å². The second-order valence-electron chi connectivity index (χ2n) is 7.40. The lowest BCUT2D eigenvalue weighted by Crippen LogP contribution is -2.25. The molecule has 0 fully saturated rings. The lowest BCUT2D eigenvalue weighted by molar-refractivity contribution is 0.0947. The number of carbonyl (C=O) groups is 1. The Kier molecular flexibility index (Phi) is 4.63. The summed E-state index contributed by atoms with van der Waals surface area (Å²) in [6.45, 7) is 2.49. The minimum atomic E-state index is -0.201. The molecule has 0 unspecified atom stereocenters. The second kappa shape index (κ2) is 7.60. The molecule has 4 heterocycles. The van der Waals surface area contributed by atoms with Gasteiger partial charge in [0.15, 0.2) is 5.65 Å². The number of rotatable bonds is 5. The molecule has 1 aromatic carbocycles. The summed E-state index contributed by atoms with van der Waals surface area (Å²) in [5, 5.41) is 2.86. The molecule has 0 saturated carbocycles. The molecule has 1 N–H and O–H groups in total. The van der Waals surface area contributed by atoms with Crippen LogP contribution in [0.3, 0.4) is 0 Å². The highest BCUT2D eigenvalue weighted by atomic mass is 16.3. The van der Waals surface area contributed by atoms with E-state index in [4.69, 9.17) is 4.42 Å². The van der Waals surface area contributed by atoms with Gasteiger partial charge < -0.3 is 14.1 Å². The zero-order chi connectivity index (χ0) is 21.4. The van der Waals surface area contributed by atoms with E-state index in [0.29, 0.717) is 35.6 Å². The van der Waals surface area contributed by atoms with E-state index in [0.717, 1.165) is 16.8 Å². The van der Waals surface area contributed by atoms with Crippen LogP contribution in [0, 0.1) is 6.92 Å². The fourth-order valence-electron chi connectivity index (χ4n) is 3.77. The van der Waals surface area contributed by atoms with Gasteiger partial charge in [0.05, 0.1) is 18.6 Å². The average Bonchev–Trinajstić information content (AvgIpc) is 3.44. The Labute approximate surface area is 177 Å². The zero-order valence-corrected chi connectivity index (χ0v) is 16.9. The molecule has 0 aliphatic heterocycles. The van der Waals surface area contributed by atoms with Crippen LogP contribution in [-0.4, -0.2) is 19.9 Å². The predicted octanol–water partition coefficient (Wildman–Crippen LogP) is 3.53. The highest BCUT2D eigenvalue weighted by Crippen LogP contribution is 2.15. The minimum absolute atomic E-state index is 0.126. The first-order valence-corrected chi connectivity index (χ1v) is 9.97. The minimum Gasteiger partial charge on any atom is -0.465 e. The van der Waals surface area contributed by atoms with Crippen LogP contribution in [0.1, 0.15) is 27.4 Å². The van der Waals surface area contributed by atoms with Gasteiger partial charge in [-0.15, -0.1) is 0 Å². The molecule has 4 aromatic heterocycles. The van der Waals surface area contributed by atoms with Crippen molar-refractivity contribution in [3.05, 3.63) is 106 Å². The number of hydrogen-bond donors (Lipinski definition) is 1. The Morgan fingerprint density at radius 1 is 1.06 bits per heavy atom. The number of aryl methyl sites for hydroxylation is 1. The van der Waals surface area contributed by atoms with Crippen molar-refractivity contribution in [2.75, 3.05) is 0 Å². The fraction of sp³-hybridized carbons (Fsp3) is 0.125. The standard InChI is InChI=1S/C24H20N4O3/c1-16-9-10-19(31-16)14-26-23(29)18-6-2-5-17(13-18)15-28-22-20(7-3-11-25-22)27-12-4-8-21(27)24(28)30/h2-13H,14-15H2,1H3,(H,26,29). The molecule has 7 heteroatoms. The van der Waals surface area contributed by atoms with Gasteiger partial charge in [-0.1, -0.05) is 12.1 Å². The smallest absolute Gasteiger partial charge is 0.276 e. The Morgan fingerprint density at radius 3 is 2.77 bits per heavy atom. The van der Waals surface area contributed by atoms with Crippen LogP contribution in [0.15, 0.2) is 82.3 Å². The van der Waals surface area contributed by atoms with Gasteiger partial charge in [-0.2, -0.15) is 0 Å². The number of nitrogens with zero attached hydrogens (tertiary/aromatic N) is 3. The summed E-state index contributed by atoms with van der Waals surface area (Å²) < 4.78 is 8.99. The van der Waals surface area contributed by atoms with Gasteiger partial charge in [-0.25, -0.2) is 4.98 Å². The molecule has 0 aliphatic rings. The molecular weight excluding hydrogens is 392 g/mol. The first-order valence-electron chi connectivity index (χ1n) is 9.97. The van der Waals surface area contributed by atoms with Gasteiger partial charge in [0.2, 0.25) is 0 Å². The fourth-order valence-corrected chi connectivity index (χ4v) is 3.77. The molecule has 0 radical (unpaired) electrons. The van der Waals surface area contributed by atoms with E-state index in [-0.39, 0.29) is 11.5 Å². The maximum absolute atomic E-state index is 13.1. The number of benzene rings is 1. The molecule has 5 rings (SSSR count). The van der Waals surface area contributed by atoms with Gasteiger partial charge in [0, 0.05) is 18.0 Å². The molecule has 5 aromatic rings. The summed E-state index contributed by atoms with van der Waals surface area (Å²) in [5.41, 5.74) is 3.27. The Bertz CT molecular complexity index is 1480. The quantitative estimate of drug-likeness (QED) is 0.479. The van der Waals surface area contributed by atoms with E-state index in [2.05, 4.69) is 10.3 Å². The zero-order valence-electron chi connectivity index (χ0n) is 16.9. The van der Waals surface area contributed by atoms with Crippen LogP contribution >= 0.6 is 0 Å². The topological polar surface area (TPSA) is 81.5 Å². The lowest BCUT2D eigenvalue weighted by atomic mass is 10.1. The first-order chi connectivity index (χ1) is 15.1. The van der Waals surface area contributed by atoms with E-state index < -0.39 is 0 Å². The molecule has 0 spiro atoms. The summed E-state index contributed by atoms with van der Waals surface area (Å²) >= 11 is 0. The SMILES string of the molecule is Cc1ccc(CNC(=O)c2cccc(Cn3c(=O)c4cccn4c4cccnc43)c2)o1. The Balaban J connectivity index is 1.45. The van der Waals surface area contributed by atoms with Crippen LogP contribution in [0.5, 0.6) is 0 Å². The Hall–Kier alpha value is -4.13. The number of furan rings is 1. The van der Waals surface area contributed by atoms with E-state index in [1.807, 2.05) is 60.0 Å². The van der Waals surface area contributed by atoms with Gasteiger partial charge in [0.25, 0.3) is 11.5 Å². The van der Waals surface area contributed by atoms with Crippen molar-refractivity contribution >= 4 is 22.6 Å². The van der Waals surface area contributed by atoms with Crippen molar-refractivity contribution in [2.24, 2.45) is 0 Å². The van der Waals surface area contributed by atoms with Crippen LogP contribution in [0.25, 0.3) is 16.7 Å². The number of nitrogens with one attached hydrogen (secondary N) is 1. The maximum Gasteiger partial charge on any atom is 0.276 e. The van der Waals surface area contributed by atoms with Gasteiger partial charge in [0.1, 0.15) is 17.0 Å². The van der Waals surface area contributed by atoms with E-state index >= 15 is 0 Å². The van der Waals surface area contributed by atoms with Crippen LogP contribution < -0.4 is 10.9 Å². The van der Waals surface area contributed by atoms with E-state index in [9.17, 15) is 9.59 Å².